The number of alkyl halides is 3. The lowest BCUT2D eigenvalue weighted by atomic mass is 10.00. The van der Waals surface area contributed by atoms with E-state index in [0.717, 1.165) is 4.90 Å². The summed E-state index contributed by atoms with van der Waals surface area (Å²) in [4.78, 5) is 67.1. The third-order valence-electron chi connectivity index (χ3n) is 4.63. The highest BCUT2D eigenvalue weighted by molar-refractivity contribution is 6.12. The van der Waals surface area contributed by atoms with Crippen LogP contribution in [0.4, 0.5) is 18.9 Å². The number of carbonyl (C=O) groups is 5. The molecule has 35 heavy (non-hydrogen) atoms. The lowest BCUT2D eigenvalue weighted by Gasteiger charge is -2.12. The van der Waals surface area contributed by atoms with Crippen molar-refractivity contribution in [2.75, 3.05) is 13.1 Å². The molecular weight excluding hydrogens is 479 g/mol. The van der Waals surface area contributed by atoms with Gasteiger partial charge in [0, 0.05) is 37.6 Å². The number of Topliss-reactive ketones (excluding diaryl/α,β-unsaturated/α-hetero) is 2. The van der Waals surface area contributed by atoms with Gasteiger partial charge in [-0.3, -0.25) is 34.2 Å². The summed E-state index contributed by atoms with van der Waals surface area (Å²) in [7, 11) is 0. The number of ketones is 2. The van der Waals surface area contributed by atoms with Crippen LogP contribution < -0.4 is 5.73 Å². The number of hydrogen-bond acceptors (Lipinski definition) is 8. The Morgan fingerprint density at radius 1 is 1.06 bits per heavy atom. The van der Waals surface area contributed by atoms with Gasteiger partial charge in [-0.2, -0.15) is 13.2 Å². The first kappa shape index (κ1) is 29.1. The van der Waals surface area contributed by atoms with Crippen molar-refractivity contribution in [2.45, 2.75) is 38.3 Å². The molecule has 190 valence electrons. The van der Waals surface area contributed by atoms with Gasteiger partial charge >= 0.3 is 12.1 Å². The molecule has 2 amide bonds. The van der Waals surface area contributed by atoms with E-state index in [1.807, 2.05) is 0 Å². The molecule has 0 aromatic heterocycles. The van der Waals surface area contributed by atoms with Crippen LogP contribution in [0.2, 0.25) is 0 Å². The van der Waals surface area contributed by atoms with Crippen LogP contribution in [0.5, 0.6) is 0 Å². The van der Waals surface area contributed by atoms with Crippen molar-refractivity contribution < 1.29 is 47.2 Å². The lowest BCUT2D eigenvalue weighted by Crippen LogP contribution is -2.30. The van der Waals surface area contributed by atoms with Gasteiger partial charge in [0.05, 0.1) is 17.0 Å². The van der Waals surface area contributed by atoms with E-state index >= 15 is 0 Å². The van der Waals surface area contributed by atoms with Crippen LogP contribution >= 0.6 is 0 Å². The van der Waals surface area contributed by atoms with Crippen molar-refractivity contribution in [3.8, 4) is 0 Å². The van der Waals surface area contributed by atoms with E-state index in [4.69, 9.17) is 15.6 Å². The number of halogens is 3. The maximum atomic E-state index is 12.1. The summed E-state index contributed by atoms with van der Waals surface area (Å²) >= 11 is 0. The molecule has 11 nitrogen and oxygen atoms in total. The summed E-state index contributed by atoms with van der Waals surface area (Å²) < 4.78 is 31.7. The second-order valence-corrected chi connectivity index (χ2v) is 7.23. The van der Waals surface area contributed by atoms with E-state index in [1.165, 1.54) is 30.4 Å². The Kier molecular flexibility index (Phi) is 10.9. The van der Waals surface area contributed by atoms with Gasteiger partial charge in [-0.05, 0) is 24.5 Å². The van der Waals surface area contributed by atoms with Crippen molar-refractivity contribution in [1.82, 2.24) is 4.90 Å². The van der Waals surface area contributed by atoms with E-state index in [9.17, 15) is 42.5 Å². The summed E-state index contributed by atoms with van der Waals surface area (Å²) in [6.07, 6.45) is -0.424. The fourth-order valence-corrected chi connectivity index (χ4v) is 2.92. The highest BCUT2D eigenvalue weighted by Crippen LogP contribution is 2.22. The molecule has 14 heteroatoms. The second-order valence-electron chi connectivity index (χ2n) is 7.23. The quantitative estimate of drug-likeness (QED) is 0.151. The van der Waals surface area contributed by atoms with Crippen molar-refractivity contribution in [1.29, 1.82) is 0 Å². The van der Waals surface area contributed by atoms with E-state index in [1.54, 1.807) is 0 Å². The Bertz CT molecular complexity index is 1020. The topological polar surface area (TPSA) is 178 Å². The first-order valence-corrected chi connectivity index (χ1v) is 10.1. The van der Waals surface area contributed by atoms with Gasteiger partial charge in [0.15, 0.2) is 5.78 Å². The number of unbranched alkanes of at least 4 members (excludes halogenated alkanes) is 2. The number of carboxylic acids is 1. The van der Waals surface area contributed by atoms with Crippen molar-refractivity contribution in [3.63, 3.8) is 0 Å². The summed E-state index contributed by atoms with van der Waals surface area (Å²) in [6.45, 7) is -0.00844. The number of amides is 2. The molecule has 0 spiro atoms. The number of nitrogens with zero attached hydrogens (tertiary/aromatic N) is 2. The molecule has 0 unspecified atom stereocenters. The van der Waals surface area contributed by atoms with E-state index < -0.39 is 22.9 Å². The fraction of sp³-hybridized carbons (Fsp3) is 0.381. The van der Waals surface area contributed by atoms with Crippen LogP contribution in [-0.2, 0) is 25.6 Å². The van der Waals surface area contributed by atoms with E-state index in [2.05, 4.69) is 0 Å². The first-order chi connectivity index (χ1) is 16.3. The van der Waals surface area contributed by atoms with Crippen molar-refractivity contribution in [2.24, 2.45) is 5.73 Å². The van der Waals surface area contributed by atoms with Crippen LogP contribution in [-0.4, -0.2) is 63.5 Å². The average Bonchev–Trinajstić information content (AvgIpc) is 3.10. The van der Waals surface area contributed by atoms with Crippen LogP contribution in [0.3, 0.4) is 0 Å². The molecular formula is C21H22F3N3O8. The average molecular weight is 501 g/mol. The largest absolute Gasteiger partial charge is 0.490 e. The SMILES string of the molecule is NCC(=O)c1ccc(CC(=O)CCCCCN2C(=O)C=CC2=O)cc1[N+](=O)[O-].O=C(O)C(F)(F)F. The Morgan fingerprint density at radius 3 is 2.11 bits per heavy atom. The predicted octanol–water partition coefficient (Wildman–Crippen LogP) is 1.97. The third kappa shape index (κ3) is 9.44. The second kappa shape index (κ2) is 13.1. The number of carboxylic acid groups (broad SMARTS) is 1. The Hall–Kier alpha value is -3.94. The van der Waals surface area contributed by atoms with Crippen LogP contribution in [0.15, 0.2) is 30.4 Å². The maximum absolute atomic E-state index is 12.1. The van der Waals surface area contributed by atoms with Crippen LogP contribution in [0.25, 0.3) is 0 Å². The number of benzene rings is 1. The van der Waals surface area contributed by atoms with Gasteiger partial charge in [-0.25, -0.2) is 4.79 Å². The molecule has 0 saturated heterocycles. The van der Waals surface area contributed by atoms with Gasteiger partial charge in [-0.1, -0.05) is 12.5 Å². The summed E-state index contributed by atoms with van der Waals surface area (Å²) in [6, 6.07) is 4.08. The minimum atomic E-state index is -5.08. The number of nitro benzene ring substituents is 1. The van der Waals surface area contributed by atoms with E-state index in [-0.39, 0.29) is 48.2 Å². The number of nitro groups is 1. The lowest BCUT2D eigenvalue weighted by molar-refractivity contribution is -0.385. The Morgan fingerprint density at radius 2 is 1.63 bits per heavy atom. The summed E-state index contributed by atoms with van der Waals surface area (Å²) in [5.41, 5.74) is 5.30. The molecule has 1 aliphatic rings. The Labute approximate surface area is 196 Å². The van der Waals surface area contributed by atoms with Gasteiger partial charge in [0.25, 0.3) is 17.5 Å². The van der Waals surface area contributed by atoms with Gasteiger partial charge in [0.1, 0.15) is 5.78 Å². The summed E-state index contributed by atoms with van der Waals surface area (Å²) in [5, 5.41) is 18.3. The summed E-state index contributed by atoms with van der Waals surface area (Å²) in [5.74, 6) is -4.01. The molecule has 1 aromatic carbocycles. The number of rotatable bonds is 11. The van der Waals surface area contributed by atoms with Gasteiger partial charge in [0.2, 0.25) is 0 Å². The standard InChI is InChI=1S/C19H21N3O6.C2HF3O2/c20-12-17(24)15-6-5-13(11-16(15)22(27)28)10-14(23)4-2-1-3-9-21-18(25)7-8-19(21)26;3-2(4,5)1(6)7/h5-8,11H,1-4,9-10,12,20H2;(H,6,7). The minimum Gasteiger partial charge on any atom is -0.475 e. The van der Waals surface area contributed by atoms with Crippen LogP contribution in [0.1, 0.15) is 41.6 Å². The molecule has 0 atom stereocenters. The van der Waals surface area contributed by atoms with Crippen molar-refractivity contribution in [3.05, 3.63) is 51.6 Å². The normalized spacial score (nSPS) is 12.9. The molecule has 1 heterocycles. The first-order valence-electron chi connectivity index (χ1n) is 10.1. The molecule has 3 N–H and O–H groups in total. The van der Waals surface area contributed by atoms with Crippen molar-refractivity contribution >= 4 is 35.0 Å². The maximum Gasteiger partial charge on any atom is 0.490 e. The number of carbonyl (C=O) groups excluding carboxylic acids is 4. The zero-order valence-electron chi connectivity index (χ0n) is 18.2. The molecule has 0 radical (unpaired) electrons. The number of hydrogen-bond donors (Lipinski definition) is 2. The number of aliphatic carboxylic acids is 1. The van der Waals surface area contributed by atoms with Crippen LogP contribution in [0, 0.1) is 10.1 Å². The zero-order valence-corrected chi connectivity index (χ0v) is 18.2. The van der Waals surface area contributed by atoms with Gasteiger partial charge in [-0.15, -0.1) is 0 Å². The molecule has 1 aromatic rings. The molecule has 0 saturated carbocycles. The molecule has 1 aliphatic heterocycles. The monoisotopic (exact) mass is 501 g/mol. The van der Waals surface area contributed by atoms with E-state index in [0.29, 0.717) is 31.4 Å². The molecule has 0 bridgehead atoms. The molecule has 2 rings (SSSR count). The predicted molar refractivity (Wildman–Crippen MR) is 113 cm³/mol. The fourth-order valence-electron chi connectivity index (χ4n) is 2.92. The molecule has 0 fully saturated rings. The number of imide groups is 1. The minimum absolute atomic E-state index is 0.0327. The smallest absolute Gasteiger partial charge is 0.475 e. The Balaban J connectivity index is 0.000000762. The number of nitrogens with two attached hydrogens (primary N) is 1. The highest BCUT2D eigenvalue weighted by atomic mass is 19.4. The highest BCUT2D eigenvalue weighted by Gasteiger charge is 2.38. The third-order valence-corrected chi connectivity index (χ3v) is 4.63. The zero-order chi connectivity index (χ0) is 26.8. The van der Waals surface area contributed by atoms with Gasteiger partial charge < -0.3 is 10.8 Å². The molecule has 0 aliphatic carbocycles.